The van der Waals surface area contributed by atoms with Crippen LogP contribution in [-0.2, 0) is 35.3 Å². The number of amides is 2. The van der Waals surface area contributed by atoms with Crippen LogP contribution in [0.15, 0.2) is 36.4 Å². The summed E-state index contributed by atoms with van der Waals surface area (Å²) < 4.78 is 0. The molecular weight excluding hydrogens is 484 g/mol. The van der Waals surface area contributed by atoms with Crippen molar-refractivity contribution in [1.29, 1.82) is 0 Å². The summed E-state index contributed by atoms with van der Waals surface area (Å²) in [5.41, 5.74) is 6.76. The molecule has 0 radical (unpaired) electrons. The second-order valence-electron chi connectivity index (χ2n) is 11.2. The van der Waals surface area contributed by atoms with Gasteiger partial charge in [0, 0.05) is 24.5 Å². The molecule has 6 heteroatoms. The monoisotopic (exact) mass is 532 g/mol. The molecule has 2 aliphatic heterocycles. The molecule has 0 atom stereocenters. The van der Waals surface area contributed by atoms with Crippen LogP contribution in [0, 0.1) is 0 Å². The summed E-state index contributed by atoms with van der Waals surface area (Å²) in [6.45, 7) is 15.7. The van der Waals surface area contributed by atoms with Gasteiger partial charge in [0.2, 0.25) is 11.8 Å². The van der Waals surface area contributed by atoms with Crippen LogP contribution in [0.5, 0.6) is 0 Å². The van der Waals surface area contributed by atoms with Gasteiger partial charge >= 0.3 is 0 Å². The smallest absolute Gasteiger partial charge is 0.233 e. The van der Waals surface area contributed by atoms with Crippen LogP contribution < -0.4 is 9.80 Å². The van der Waals surface area contributed by atoms with Crippen molar-refractivity contribution in [1.82, 2.24) is 9.80 Å². The first-order chi connectivity index (χ1) is 19.0. The molecule has 0 fully saturated rings. The number of carbonyl (C=O) groups is 2. The van der Waals surface area contributed by atoms with Gasteiger partial charge in [0.05, 0.1) is 12.8 Å². The van der Waals surface area contributed by atoms with E-state index in [9.17, 15) is 9.59 Å². The molecule has 2 aromatic carbocycles. The molecule has 2 amide bonds. The highest BCUT2D eigenvalue weighted by molar-refractivity contribution is 6.06. The van der Waals surface area contributed by atoms with Gasteiger partial charge < -0.3 is 9.80 Å². The summed E-state index contributed by atoms with van der Waals surface area (Å²) in [5, 5.41) is 0. The van der Waals surface area contributed by atoms with E-state index < -0.39 is 0 Å². The predicted octanol–water partition coefficient (Wildman–Crippen LogP) is 5.45. The molecule has 39 heavy (non-hydrogen) atoms. The van der Waals surface area contributed by atoms with Crippen LogP contribution in [0.1, 0.15) is 75.6 Å². The van der Waals surface area contributed by atoms with Crippen LogP contribution in [0.4, 0.5) is 11.4 Å². The van der Waals surface area contributed by atoms with E-state index in [4.69, 9.17) is 0 Å². The van der Waals surface area contributed by atoms with E-state index in [1.165, 1.54) is 11.1 Å². The highest BCUT2D eigenvalue weighted by atomic mass is 16.2. The van der Waals surface area contributed by atoms with Crippen LogP contribution >= 0.6 is 0 Å². The maximum Gasteiger partial charge on any atom is 0.233 e. The van der Waals surface area contributed by atoms with Gasteiger partial charge in [-0.1, -0.05) is 52.0 Å². The molecule has 0 aliphatic carbocycles. The normalized spacial score (nSPS) is 14.7. The lowest BCUT2D eigenvalue weighted by atomic mass is 10.0. The van der Waals surface area contributed by atoms with Crippen molar-refractivity contribution in [2.24, 2.45) is 0 Å². The minimum atomic E-state index is 0.0867. The lowest BCUT2D eigenvalue weighted by Crippen LogP contribution is -2.41. The zero-order valence-corrected chi connectivity index (χ0v) is 24.7. The van der Waals surface area contributed by atoms with Crippen molar-refractivity contribution >= 4 is 23.2 Å². The summed E-state index contributed by atoms with van der Waals surface area (Å²) in [4.78, 5) is 35.3. The van der Waals surface area contributed by atoms with Crippen molar-refractivity contribution in [3.05, 3.63) is 58.7 Å². The lowest BCUT2D eigenvalue weighted by molar-refractivity contribution is -0.118. The van der Waals surface area contributed by atoms with Gasteiger partial charge in [-0.15, -0.1) is 0 Å². The molecule has 2 aromatic rings. The second kappa shape index (κ2) is 14.1. The molecule has 0 saturated carbocycles. The Kier molecular flexibility index (Phi) is 10.6. The Hall–Kier alpha value is -2.70. The maximum absolute atomic E-state index is 13.3. The molecule has 0 N–H and O–H groups in total. The molecule has 0 bridgehead atoms. The molecule has 0 unspecified atom stereocenters. The van der Waals surface area contributed by atoms with E-state index in [2.05, 4.69) is 61.8 Å². The number of fused-ring (bicyclic) bond motifs is 2. The standard InChI is InChI=1S/C33H48N4O2/c1-5-17-34(18-6-2)21-15-26-11-9-13-30-28(26)23-32(38)36(30)25-37-31-14-10-12-27(29(31)24-33(37)39)16-22-35(19-7-3)20-8-4/h9-14H,5-8,15-25H2,1-4H3. The third-order valence-corrected chi connectivity index (χ3v) is 8.17. The number of hydrogen-bond acceptors (Lipinski definition) is 4. The van der Waals surface area contributed by atoms with Gasteiger partial charge in [0.15, 0.2) is 0 Å². The Balaban J connectivity index is 1.49. The van der Waals surface area contributed by atoms with E-state index >= 15 is 0 Å². The first-order valence-corrected chi connectivity index (χ1v) is 15.3. The third kappa shape index (κ3) is 6.90. The van der Waals surface area contributed by atoms with Gasteiger partial charge in [0.25, 0.3) is 0 Å². The summed E-state index contributed by atoms with van der Waals surface area (Å²) >= 11 is 0. The molecular formula is C33H48N4O2. The molecule has 0 spiro atoms. The first kappa shape index (κ1) is 29.3. The fourth-order valence-corrected chi connectivity index (χ4v) is 6.33. The zero-order valence-electron chi connectivity index (χ0n) is 24.7. The van der Waals surface area contributed by atoms with Crippen molar-refractivity contribution < 1.29 is 9.59 Å². The molecule has 212 valence electrons. The summed E-state index contributed by atoms with van der Waals surface area (Å²) in [6, 6.07) is 12.6. The van der Waals surface area contributed by atoms with Crippen molar-refractivity contribution in [3.63, 3.8) is 0 Å². The van der Waals surface area contributed by atoms with E-state index in [0.717, 1.165) is 100 Å². The van der Waals surface area contributed by atoms with Crippen LogP contribution in [0.2, 0.25) is 0 Å². The average molecular weight is 533 g/mol. The Labute approximate surface area is 236 Å². The number of carbonyl (C=O) groups excluding carboxylic acids is 2. The fraction of sp³-hybridized carbons (Fsp3) is 0.576. The Morgan fingerprint density at radius 1 is 0.590 bits per heavy atom. The quantitative estimate of drug-likeness (QED) is 0.288. The Bertz CT molecular complexity index is 1030. The van der Waals surface area contributed by atoms with Gasteiger partial charge in [-0.25, -0.2) is 0 Å². The van der Waals surface area contributed by atoms with E-state index in [-0.39, 0.29) is 11.8 Å². The van der Waals surface area contributed by atoms with Crippen molar-refractivity contribution in [2.45, 2.75) is 79.1 Å². The highest BCUT2D eigenvalue weighted by Crippen LogP contribution is 2.36. The predicted molar refractivity (Wildman–Crippen MR) is 162 cm³/mol. The number of anilines is 2. The fourth-order valence-electron chi connectivity index (χ4n) is 6.33. The molecule has 0 saturated heterocycles. The van der Waals surface area contributed by atoms with Crippen molar-refractivity contribution in [3.8, 4) is 0 Å². The maximum atomic E-state index is 13.3. The second-order valence-corrected chi connectivity index (χ2v) is 11.2. The average Bonchev–Trinajstić information content (AvgIpc) is 3.42. The molecule has 4 rings (SSSR count). The lowest BCUT2D eigenvalue weighted by Gasteiger charge is -2.26. The van der Waals surface area contributed by atoms with Crippen LogP contribution in [0.25, 0.3) is 0 Å². The molecule has 2 aliphatic rings. The Morgan fingerprint density at radius 3 is 1.33 bits per heavy atom. The zero-order chi connectivity index (χ0) is 27.8. The number of benzene rings is 2. The number of hydrogen-bond donors (Lipinski definition) is 0. The SMILES string of the molecule is CCCN(CCC)CCc1cccc2c1CC(=O)N2CN1C(=O)Cc2c(CCN(CCC)CCC)cccc21. The first-order valence-electron chi connectivity index (χ1n) is 15.3. The summed E-state index contributed by atoms with van der Waals surface area (Å²) in [5.74, 6) is 0.173. The van der Waals surface area contributed by atoms with Gasteiger partial charge in [-0.2, -0.15) is 0 Å². The minimum absolute atomic E-state index is 0.0867. The summed E-state index contributed by atoms with van der Waals surface area (Å²) in [7, 11) is 0. The van der Waals surface area contributed by atoms with Gasteiger partial charge in [-0.05, 0) is 99.1 Å². The van der Waals surface area contributed by atoms with Crippen molar-refractivity contribution in [2.75, 3.05) is 55.7 Å². The number of nitrogens with zero attached hydrogens (tertiary/aromatic N) is 4. The Morgan fingerprint density at radius 2 is 0.974 bits per heavy atom. The van der Waals surface area contributed by atoms with Crippen LogP contribution in [0.3, 0.4) is 0 Å². The van der Waals surface area contributed by atoms with E-state index in [1.54, 1.807) is 0 Å². The van der Waals surface area contributed by atoms with E-state index in [0.29, 0.717) is 19.5 Å². The van der Waals surface area contributed by atoms with E-state index in [1.807, 2.05) is 21.9 Å². The topological polar surface area (TPSA) is 47.1 Å². The molecule has 6 nitrogen and oxygen atoms in total. The molecule has 0 aromatic heterocycles. The number of rotatable bonds is 16. The van der Waals surface area contributed by atoms with Gasteiger partial charge in [0.1, 0.15) is 6.67 Å². The van der Waals surface area contributed by atoms with Gasteiger partial charge in [-0.3, -0.25) is 19.4 Å². The summed E-state index contributed by atoms with van der Waals surface area (Å²) in [6.07, 6.45) is 7.37. The highest BCUT2D eigenvalue weighted by Gasteiger charge is 2.35. The minimum Gasteiger partial charge on any atom is -0.303 e. The largest absolute Gasteiger partial charge is 0.303 e. The molecule has 2 heterocycles. The van der Waals surface area contributed by atoms with Crippen LogP contribution in [-0.4, -0.2) is 67.6 Å². The third-order valence-electron chi connectivity index (χ3n) is 8.17.